The second kappa shape index (κ2) is 4.25. The van der Waals surface area contributed by atoms with Crippen molar-refractivity contribution >= 4 is 10.4 Å². The second-order valence-corrected chi connectivity index (χ2v) is 5.79. The topological polar surface area (TPSA) is 55.8 Å². The van der Waals surface area contributed by atoms with E-state index in [2.05, 4.69) is 11.8 Å². The Bertz CT molecular complexity index is 356. The van der Waals surface area contributed by atoms with Gasteiger partial charge in [0.1, 0.15) is 6.10 Å². The van der Waals surface area contributed by atoms with Crippen molar-refractivity contribution in [2.24, 2.45) is 0 Å². The minimum atomic E-state index is -3.79. The zero-order valence-corrected chi connectivity index (χ0v) is 10.6. The van der Waals surface area contributed by atoms with Crippen molar-refractivity contribution in [3.8, 4) is 0 Å². The van der Waals surface area contributed by atoms with Crippen molar-refractivity contribution in [3.63, 3.8) is 0 Å². The van der Waals surface area contributed by atoms with Gasteiger partial charge in [0, 0.05) is 13.1 Å². The molecule has 0 radical (unpaired) electrons. The van der Waals surface area contributed by atoms with E-state index in [0.29, 0.717) is 0 Å². The van der Waals surface area contributed by atoms with Crippen LogP contribution >= 0.6 is 0 Å². The minimum Gasteiger partial charge on any atom is -0.273 e. The summed E-state index contributed by atoms with van der Waals surface area (Å²) >= 11 is 0. The van der Waals surface area contributed by atoms with E-state index in [1.54, 1.807) is 0 Å². The highest BCUT2D eigenvalue weighted by Gasteiger charge is 2.54. The number of fused-ring (bicyclic) bond motifs is 1. The molecule has 2 aliphatic rings. The van der Waals surface area contributed by atoms with Crippen molar-refractivity contribution in [3.05, 3.63) is 0 Å². The maximum absolute atomic E-state index is 11.4. The Morgan fingerprint density at radius 3 is 2.94 bits per heavy atom. The van der Waals surface area contributed by atoms with Crippen LogP contribution in [-0.2, 0) is 18.8 Å². The summed E-state index contributed by atoms with van der Waals surface area (Å²) in [5.41, 5.74) is -0.785. The van der Waals surface area contributed by atoms with Crippen LogP contribution < -0.4 is 0 Å². The van der Waals surface area contributed by atoms with E-state index in [9.17, 15) is 8.42 Å². The molecule has 0 bridgehead atoms. The summed E-state index contributed by atoms with van der Waals surface area (Å²) in [6.07, 6.45) is 3.50. The third kappa shape index (κ3) is 2.11. The molecule has 16 heavy (non-hydrogen) atoms. The number of hydrogen-bond donors (Lipinski definition) is 0. The zero-order chi connectivity index (χ0) is 11.8. The molecule has 2 rings (SSSR count). The van der Waals surface area contributed by atoms with Gasteiger partial charge in [-0.05, 0) is 26.2 Å². The molecule has 2 aliphatic heterocycles. The predicted molar refractivity (Wildman–Crippen MR) is 59.0 cm³/mol. The summed E-state index contributed by atoms with van der Waals surface area (Å²) in [5, 5.41) is 0. The molecule has 0 aliphatic carbocycles. The molecule has 2 unspecified atom stereocenters. The molecule has 0 spiro atoms. The third-order valence-electron chi connectivity index (χ3n) is 3.41. The Morgan fingerprint density at radius 1 is 1.50 bits per heavy atom. The fourth-order valence-electron chi connectivity index (χ4n) is 2.46. The summed E-state index contributed by atoms with van der Waals surface area (Å²) in [4.78, 5) is 2.09. The molecule has 0 aromatic heterocycles. The summed E-state index contributed by atoms with van der Waals surface area (Å²) in [5.74, 6) is 0. The van der Waals surface area contributed by atoms with Crippen LogP contribution in [-0.4, -0.2) is 38.2 Å². The Kier molecular flexibility index (Phi) is 3.27. The van der Waals surface area contributed by atoms with E-state index in [4.69, 9.17) is 8.37 Å². The molecule has 0 saturated carbocycles. The van der Waals surface area contributed by atoms with E-state index >= 15 is 0 Å². The maximum Gasteiger partial charge on any atom is 0.402 e. The molecule has 5 nitrogen and oxygen atoms in total. The Morgan fingerprint density at radius 2 is 2.25 bits per heavy atom. The summed E-state index contributed by atoms with van der Waals surface area (Å²) < 4.78 is 32.8. The molecule has 6 heteroatoms. The number of nitrogens with zero attached hydrogens (tertiary/aromatic N) is 1. The number of hydrogen-bond acceptors (Lipinski definition) is 5. The van der Waals surface area contributed by atoms with Gasteiger partial charge < -0.3 is 0 Å². The highest BCUT2D eigenvalue weighted by molar-refractivity contribution is 7.82. The highest BCUT2D eigenvalue weighted by Crippen LogP contribution is 2.39. The number of likely N-dealkylation sites (tertiary alicyclic amines) is 1. The first-order chi connectivity index (χ1) is 7.48. The predicted octanol–water partition coefficient (Wildman–Crippen LogP) is 1.26. The molecule has 0 amide bonds. The van der Waals surface area contributed by atoms with Gasteiger partial charge in [-0.1, -0.05) is 13.3 Å². The van der Waals surface area contributed by atoms with Crippen molar-refractivity contribution in [1.82, 2.24) is 4.90 Å². The lowest BCUT2D eigenvalue weighted by molar-refractivity contribution is -0.114. The van der Waals surface area contributed by atoms with Crippen molar-refractivity contribution < 1.29 is 16.8 Å². The quantitative estimate of drug-likeness (QED) is 0.753. The van der Waals surface area contributed by atoms with Crippen LogP contribution in [0.15, 0.2) is 0 Å². The van der Waals surface area contributed by atoms with Gasteiger partial charge in [-0.25, -0.2) is 8.37 Å². The third-order valence-corrected chi connectivity index (χ3v) is 4.42. The maximum atomic E-state index is 11.4. The summed E-state index contributed by atoms with van der Waals surface area (Å²) in [6.45, 7) is 5.68. The normalized spacial score (nSPS) is 38.5. The van der Waals surface area contributed by atoms with Gasteiger partial charge in [-0.3, -0.25) is 4.90 Å². The van der Waals surface area contributed by atoms with Gasteiger partial charge in [0.25, 0.3) is 0 Å². The SMILES string of the molecule is CCCCN1CCCC2OS(=O)(=O)OC21C. The molecule has 2 atom stereocenters. The van der Waals surface area contributed by atoms with Crippen LogP contribution in [0.5, 0.6) is 0 Å². The average molecular weight is 249 g/mol. The Labute approximate surface area is 97.0 Å². The minimum absolute atomic E-state index is 0.344. The lowest BCUT2D eigenvalue weighted by atomic mass is 9.96. The summed E-state index contributed by atoms with van der Waals surface area (Å²) in [6, 6.07) is 0. The first-order valence-electron chi connectivity index (χ1n) is 5.87. The Hall–Kier alpha value is -0.170. The number of rotatable bonds is 3. The highest BCUT2D eigenvalue weighted by atomic mass is 32.3. The lowest BCUT2D eigenvalue weighted by Crippen LogP contribution is -2.56. The van der Waals surface area contributed by atoms with Gasteiger partial charge >= 0.3 is 10.4 Å². The monoisotopic (exact) mass is 249 g/mol. The fraction of sp³-hybridized carbons (Fsp3) is 1.00. The lowest BCUT2D eigenvalue weighted by Gasteiger charge is -2.42. The molecule has 2 fully saturated rings. The number of piperidine rings is 1. The van der Waals surface area contributed by atoms with Crippen molar-refractivity contribution in [2.45, 2.75) is 51.4 Å². The molecule has 0 aromatic rings. The summed E-state index contributed by atoms with van der Waals surface area (Å²) in [7, 11) is -3.79. The van der Waals surface area contributed by atoms with Gasteiger partial charge in [-0.2, -0.15) is 8.42 Å². The first kappa shape index (κ1) is 12.3. The van der Waals surface area contributed by atoms with E-state index in [1.165, 1.54) is 0 Å². The Balaban J connectivity index is 2.16. The molecule has 2 heterocycles. The first-order valence-corrected chi connectivity index (χ1v) is 7.20. The molecule has 94 valence electrons. The molecular weight excluding hydrogens is 230 g/mol. The van der Waals surface area contributed by atoms with E-state index in [1.807, 2.05) is 6.92 Å². The molecule has 2 saturated heterocycles. The van der Waals surface area contributed by atoms with Crippen LogP contribution in [0, 0.1) is 0 Å². The molecule has 0 aromatic carbocycles. The number of unbranched alkanes of at least 4 members (excludes halogenated alkanes) is 1. The van der Waals surface area contributed by atoms with E-state index in [0.717, 1.165) is 38.8 Å². The zero-order valence-electron chi connectivity index (χ0n) is 9.81. The van der Waals surface area contributed by atoms with Crippen LogP contribution in [0.25, 0.3) is 0 Å². The van der Waals surface area contributed by atoms with Crippen LogP contribution in [0.1, 0.15) is 39.5 Å². The van der Waals surface area contributed by atoms with E-state index < -0.39 is 16.1 Å². The van der Waals surface area contributed by atoms with E-state index in [-0.39, 0.29) is 6.10 Å². The van der Waals surface area contributed by atoms with Crippen LogP contribution in [0.2, 0.25) is 0 Å². The second-order valence-electron chi connectivity index (χ2n) is 4.61. The average Bonchev–Trinajstić information content (AvgIpc) is 2.43. The van der Waals surface area contributed by atoms with Crippen LogP contribution in [0.4, 0.5) is 0 Å². The smallest absolute Gasteiger partial charge is 0.273 e. The van der Waals surface area contributed by atoms with Gasteiger partial charge in [0.2, 0.25) is 0 Å². The molecular formula is C10H19NO4S. The standard InChI is InChI=1S/C10H19NO4S/c1-3-4-7-11-8-5-6-9-10(11,2)15-16(12,13)14-9/h9H,3-8H2,1-2H3. The van der Waals surface area contributed by atoms with Crippen molar-refractivity contribution in [2.75, 3.05) is 13.1 Å². The largest absolute Gasteiger partial charge is 0.402 e. The van der Waals surface area contributed by atoms with Crippen LogP contribution in [0.3, 0.4) is 0 Å². The molecule has 0 N–H and O–H groups in total. The van der Waals surface area contributed by atoms with Gasteiger partial charge in [0.05, 0.1) is 0 Å². The van der Waals surface area contributed by atoms with Crippen molar-refractivity contribution in [1.29, 1.82) is 0 Å². The van der Waals surface area contributed by atoms with Gasteiger partial charge in [-0.15, -0.1) is 0 Å². The van der Waals surface area contributed by atoms with Gasteiger partial charge in [0.15, 0.2) is 5.72 Å². The fourth-order valence-corrected chi connectivity index (χ4v) is 3.68.